The molecule has 4 heterocycles. The minimum absolute atomic E-state index is 0.0950. The molecule has 0 N–H and O–H groups in total. The Bertz CT molecular complexity index is 2120. The van der Waals surface area contributed by atoms with Crippen LogP contribution in [0.4, 0.5) is 0 Å². The third-order valence-electron chi connectivity index (χ3n) is 8.06. The number of aromatic nitrogens is 4. The second kappa shape index (κ2) is 7.76. The fourth-order valence-corrected chi connectivity index (χ4v) is 10.1. The molecule has 1 aliphatic rings. The molecule has 0 radical (unpaired) electrons. The van der Waals surface area contributed by atoms with Crippen molar-refractivity contribution in [1.82, 2.24) is 17.5 Å². The van der Waals surface area contributed by atoms with E-state index in [2.05, 4.69) is 95.4 Å². The molecule has 0 saturated heterocycles. The number of fused-ring (bicyclic) bond motifs is 7. The van der Waals surface area contributed by atoms with Crippen LogP contribution in [-0.4, -0.2) is 17.5 Å². The lowest BCUT2D eigenvalue weighted by Crippen LogP contribution is -2.13. The Balaban J connectivity index is 1.29. The molecule has 39 heavy (non-hydrogen) atoms. The Morgan fingerprint density at radius 3 is 1.51 bits per heavy atom. The number of benzene rings is 4. The molecule has 186 valence electrons. The van der Waals surface area contributed by atoms with Gasteiger partial charge in [0.15, 0.2) is 0 Å². The molecule has 8 aromatic rings. The standard InChI is InChI=1S/C31H18N4S4/c1-31(2)19-13-23(25-17-9-5-3-7-15(17)11-21-27(25)34-38-32-21)36-29(19)30-20(31)14-24(37-30)26-18-10-6-4-8-16(18)12-22-28(26)35-39-33-22/h3-14H,1-2H3. The van der Waals surface area contributed by atoms with Crippen LogP contribution < -0.4 is 0 Å². The first-order valence-electron chi connectivity index (χ1n) is 12.7. The normalized spacial score (nSPS) is 14.1. The van der Waals surface area contributed by atoms with Gasteiger partial charge in [-0.2, -0.15) is 17.5 Å². The molecule has 4 aromatic carbocycles. The number of rotatable bonds is 2. The molecule has 4 nitrogen and oxygen atoms in total. The zero-order valence-corrected chi connectivity index (χ0v) is 24.1. The van der Waals surface area contributed by atoms with E-state index in [1.54, 1.807) is 0 Å². The highest BCUT2D eigenvalue weighted by Gasteiger charge is 2.40. The van der Waals surface area contributed by atoms with Gasteiger partial charge in [-0.3, -0.25) is 0 Å². The zero-order valence-electron chi connectivity index (χ0n) is 20.9. The van der Waals surface area contributed by atoms with Gasteiger partial charge in [0.05, 0.1) is 23.5 Å². The van der Waals surface area contributed by atoms with Gasteiger partial charge in [0.1, 0.15) is 22.1 Å². The minimum Gasteiger partial charge on any atom is -0.173 e. The van der Waals surface area contributed by atoms with Crippen molar-refractivity contribution in [2.45, 2.75) is 19.3 Å². The summed E-state index contributed by atoms with van der Waals surface area (Å²) in [5.41, 5.74) is 9.05. The van der Waals surface area contributed by atoms with Crippen molar-refractivity contribution < 1.29 is 0 Å². The van der Waals surface area contributed by atoms with E-state index in [1.165, 1.54) is 86.8 Å². The lowest BCUT2D eigenvalue weighted by Gasteiger charge is -2.19. The molecule has 0 unspecified atom stereocenters. The van der Waals surface area contributed by atoms with Crippen LogP contribution in [0.25, 0.3) is 74.2 Å². The fraction of sp³-hybridized carbons (Fsp3) is 0.0968. The van der Waals surface area contributed by atoms with Gasteiger partial charge >= 0.3 is 0 Å². The Morgan fingerprint density at radius 2 is 1.03 bits per heavy atom. The van der Waals surface area contributed by atoms with Crippen LogP contribution in [0.3, 0.4) is 0 Å². The predicted molar refractivity (Wildman–Crippen MR) is 168 cm³/mol. The highest BCUT2D eigenvalue weighted by molar-refractivity contribution is 7.26. The molecule has 9 rings (SSSR count). The highest BCUT2D eigenvalue weighted by Crippen LogP contribution is 2.59. The van der Waals surface area contributed by atoms with E-state index in [-0.39, 0.29) is 5.41 Å². The molecule has 0 amide bonds. The minimum atomic E-state index is -0.0950. The van der Waals surface area contributed by atoms with Crippen LogP contribution in [0.15, 0.2) is 72.8 Å². The van der Waals surface area contributed by atoms with E-state index >= 15 is 0 Å². The van der Waals surface area contributed by atoms with Crippen LogP contribution in [0.5, 0.6) is 0 Å². The molecule has 0 fully saturated rings. The molecule has 8 heteroatoms. The van der Waals surface area contributed by atoms with Gasteiger partial charge < -0.3 is 0 Å². The first kappa shape index (κ1) is 22.3. The lowest BCUT2D eigenvalue weighted by molar-refractivity contribution is 0.663. The van der Waals surface area contributed by atoms with Crippen molar-refractivity contribution in [1.29, 1.82) is 0 Å². The monoisotopic (exact) mass is 574 g/mol. The summed E-state index contributed by atoms with van der Waals surface area (Å²) < 4.78 is 18.7. The van der Waals surface area contributed by atoms with Crippen LogP contribution in [0.1, 0.15) is 25.0 Å². The summed E-state index contributed by atoms with van der Waals surface area (Å²) in [7, 11) is 0. The molecule has 0 aliphatic heterocycles. The first-order chi connectivity index (χ1) is 19.1. The number of hydrogen-bond acceptors (Lipinski definition) is 8. The Hall–Kier alpha value is -3.56. The van der Waals surface area contributed by atoms with Gasteiger partial charge in [0.25, 0.3) is 0 Å². The van der Waals surface area contributed by atoms with E-state index in [0.29, 0.717) is 0 Å². The SMILES string of the molecule is CC1(C)c2cc(-c3c4ccccc4cc4nsnc34)sc2-c2sc(-c3c4ccccc4cc4nsnc34)cc21. The van der Waals surface area contributed by atoms with Crippen molar-refractivity contribution in [3.63, 3.8) is 0 Å². The Kier molecular flexibility index (Phi) is 4.43. The fourth-order valence-electron chi connectivity index (χ4n) is 6.12. The molecular weight excluding hydrogens is 557 g/mol. The zero-order chi connectivity index (χ0) is 25.9. The quantitative estimate of drug-likeness (QED) is 0.206. The summed E-state index contributed by atoms with van der Waals surface area (Å²) in [6.45, 7) is 4.72. The summed E-state index contributed by atoms with van der Waals surface area (Å²) in [5, 5.41) is 4.88. The molecule has 0 bridgehead atoms. The van der Waals surface area contributed by atoms with Crippen molar-refractivity contribution in [2.24, 2.45) is 0 Å². The van der Waals surface area contributed by atoms with E-state index in [4.69, 9.17) is 8.75 Å². The summed E-state index contributed by atoms with van der Waals surface area (Å²) in [5.74, 6) is 0. The maximum Gasteiger partial charge on any atom is 0.114 e. The van der Waals surface area contributed by atoms with Crippen molar-refractivity contribution in [3.8, 4) is 30.6 Å². The summed E-state index contributed by atoms with van der Waals surface area (Å²) in [6.07, 6.45) is 0. The third kappa shape index (κ3) is 2.97. The van der Waals surface area contributed by atoms with E-state index in [9.17, 15) is 0 Å². The summed E-state index contributed by atoms with van der Waals surface area (Å²) >= 11 is 6.37. The van der Waals surface area contributed by atoms with Crippen LogP contribution >= 0.6 is 46.1 Å². The average molecular weight is 575 g/mol. The Labute approximate surface area is 239 Å². The van der Waals surface area contributed by atoms with E-state index in [0.717, 1.165) is 22.1 Å². The van der Waals surface area contributed by atoms with Crippen molar-refractivity contribution >= 4 is 89.7 Å². The average Bonchev–Trinajstić information content (AvgIpc) is 3.76. The van der Waals surface area contributed by atoms with Crippen LogP contribution in [-0.2, 0) is 5.41 Å². The molecule has 0 spiro atoms. The number of thiophene rings is 2. The highest BCUT2D eigenvalue weighted by atomic mass is 32.1. The van der Waals surface area contributed by atoms with E-state index in [1.807, 2.05) is 22.7 Å². The number of nitrogens with zero attached hydrogens (tertiary/aromatic N) is 4. The van der Waals surface area contributed by atoms with Gasteiger partial charge in [-0.25, -0.2) is 0 Å². The van der Waals surface area contributed by atoms with E-state index < -0.39 is 0 Å². The van der Waals surface area contributed by atoms with Crippen molar-refractivity contribution in [2.75, 3.05) is 0 Å². The second-order valence-corrected chi connectivity index (χ2v) is 13.7. The third-order valence-corrected chi connectivity index (χ3v) is 11.6. The maximum absolute atomic E-state index is 4.73. The maximum atomic E-state index is 4.73. The largest absolute Gasteiger partial charge is 0.173 e. The van der Waals surface area contributed by atoms with Gasteiger partial charge in [0.2, 0.25) is 0 Å². The molecule has 0 saturated carbocycles. The molecular formula is C31H18N4S4. The summed E-state index contributed by atoms with van der Waals surface area (Å²) in [4.78, 5) is 5.27. The smallest absolute Gasteiger partial charge is 0.114 e. The topological polar surface area (TPSA) is 51.6 Å². The first-order valence-corrected chi connectivity index (χ1v) is 15.7. The van der Waals surface area contributed by atoms with Crippen LogP contribution in [0.2, 0.25) is 0 Å². The predicted octanol–water partition coefficient (Wildman–Crippen LogP) is 9.77. The second-order valence-electron chi connectivity index (χ2n) is 10.5. The van der Waals surface area contributed by atoms with Crippen molar-refractivity contribution in [3.05, 3.63) is 83.9 Å². The van der Waals surface area contributed by atoms with Gasteiger partial charge in [0, 0.05) is 36.1 Å². The van der Waals surface area contributed by atoms with Crippen LogP contribution in [0, 0.1) is 0 Å². The van der Waals surface area contributed by atoms with Gasteiger partial charge in [-0.15, -0.1) is 22.7 Å². The summed E-state index contributed by atoms with van der Waals surface area (Å²) in [6, 6.07) is 26.3. The molecule has 0 atom stereocenters. The molecule has 1 aliphatic carbocycles. The lowest BCUT2D eigenvalue weighted by atomic mass is 9.83. The molecule has 4 aromatic heterocycles. The Morgan fingerprint density at radius 1 is 0.564 bits per heavy atom. The number of hydrogen-bond donors (Lipinski definition) is 0. The van der Waals surface area contributed by atoms with Gasteiger partial charge in [-0.1, -0.05) is 62.4 Å². The van der Waals surface area contributed by atoms with Gasteiger partial charge in [-0.05, 0) is 56.9 Å².